The summed E-state index contributed by atoms with van der Waals surface area (Å²) in [4.78, 5) is 29.4. The lowest BCUT2D eigenvalue weighted by Crippen LogP contribution is -2.19. The van der Waals surface area contributed by atoms with Gasteiger partial charge in [0.1, 0.15) is 12.4 Å². The van der Waals surface area contributed by atoms with Crippen molar-refractivity contribution in [2.24, 2.45) is 0 Å². The Hall–Kier alpha value is -3.98. The standard InChI is InChI=1S/C25H24N6O3/c32-25-22-16(3-6-27-25)11-20(17-12-21-23(29-13-17)26-7-10-34-21)31-24(22)30-18-1-2-19(28-14-18)15-4-8-33-9-5-15/h1-3,6,11-15H,4-5,7-10H2,(H,26,29)(H,27,32)(H,30,31). The molecule has 0 aromatic carbocycles. The third-order valence-corrected chi connectivity index (χ3v) is 6.24. The Bertz CT molecular complexity index is 1400. The lowest BCUT2D eigenvalue weighted by Gasteiger charge is -2.21. The highest BCUT2D eigenvalue weighted by atomic mass is 16.5. The number of fused-ring (bicyclic) bond motifs is 2. The number of nitrogens with zero attached hydrogens (tertiary/aromatic N) is 3. The van der Waals surface area contributed by atoms with Gasteiger partial charge >= 0.3 is 0 Å². The zero-order valence-electron chi connectivity index (χ0n) is 18.5. The second-order valence-corrected chi connectivity index (χ2v) is 8.46. The molecule has 6 heterocycles. The second kappa shape index (κ2) is 8.75. The van der Waals surface area contributed by atoms with Gasteiger partial charge in [-0.1, -0.05) is 0 Å². The molecule has 9 heteroatoms. The molecule has 0 radical (unpaired) electrons. The van der Waals surface area contributed by atoms with Gasteiger partial charge in [-0.05, 0) is 48.6 Å². The zero-order chi connectivity index (χ0) is 22.9. The molecule has 0 bridgehead atoms. The van der Waals surface area contributed by atoms with Crippen molar-refractivity contribution in [3.8, 4) is 17.0 Å². The molecule has 6 rings (SSSR count). The Morgan fingerprint density at radius 3 is 2.79 bits per heavy atom. The lowest BCUT2D eigenvalue weighted by molar-refractivity contribution is 0.0845. The first-order valence-corrected chi connectivity index (χ1v) is 11.4. The van der Waals surface area contributed by atoms with E-state index in [2.05, 4.69) is 25.6 Å². The molecular weight excluding hydrogens is 432 g/mol. The second-order valence-electron chi connectivity index (χ2n) is 8.46. The van der Waals surface area contributed by atoms with Crippen LogP contribution in [0.5, 0.6) is 5.75 Å². The largest absolute Gasteiger partial charge is 0.488 e. The van der Waals surface area contributed by atoms with Crippen molar-refractivity contribution in [2.75, 3.05) is 37.0 Å². The number of hydrogen-bond donors (Lipinski definition) is 3. The van der Waals surface area contributed by atoms with Gasteiger partial charge < -0.3 is 25.1 Å². The fourth-order valence-corrected chi connectivity index (χ4v) is 4.46. The summed E-state index contributed by atoms with van der Waals surface area (Å²) in [5, 5.41) is 7.80. The van der Waals surface area contributed by atoms with E-state index in [-0.39, 0.29) is 5.56 Å². The van der Waals surface area contributed by atoms with Crippen molar-refractivity contribution in [2.45, 2.75) is 18.8 Å². The molecule has 0 spiro atoms. The molecule has 2 aliphatic heterocycles. The molecular formula is C25H24N6O3. The minimum atomic E-state index is -0.207. The molecule has 0 amide bonds. The molecule has 2 aliphatic rings. The molecule has 0 saturated carbocycles. The van der Waals surface area contributed by atoms with Gasteiger partial charge in [-0.15, -0.1) is 0 Å². The van der Waals surface area contributed by atoms with Crippen molar-refractivity contribution in [1.29, 1.82) is 0 Å². The van der Waals surface area contributed by atoms with E-state index in [9.17, 15) is 4.79 Å². The van der Waals surface area contributed by atoms with Crippen LogP contribution in [-0.2, 0) is 4.74 Å². The smallest absolute Gasteiger partial charge is 0.259 e. The van der Waals surface area contributed by atoms with E-state index in [1.165, 1.54) is 0 Å². The first-order valence-electron chi connectivity index (χ1n) is 11.4. The van der Waals surface area contributed by atoms with E-state index in [0.717, 1.165) is 60.7 Å². The summed E-state index contributed by atoms with van der Waals surface area (Å²) in [6, 6.07) is 9.69. The van der Waals surface area contributed by atoms with E-state index >= 15 is 0 Å². The number of H-pyrrole nitrogens is 1. The minimum absolute atomic E-state index is 0.207. The molecule has 0 atom stereocenters. The van der Waals surface area contributed by atoms with Crippen LogP contribution in [0.15, 0.2) is 53.7 Å². The summed E-state index contributed by atoms with van der Waals surface area (Å²) < 4.78 is 11.2. The van der Waals surface area contributed by atoms with Gasteiger partial charge in [-0.25, -0.2) is 9.97 Å². The first-order chi connectivity index (χ1) is 16.7. The van der Waals surface area contributed by atoms with E-state index in [4.69, 9.17) is 14.5 Å². The zero-order valence-corrected chi connectivity index (χ0v) is 18.5. The van der Waals surface area contributed by atoms with Crippen molar-refractivity contribution in [1.82, 2.24) is 19.9 Å². The van der Waals surface area contributed by atoms with Gasteiger partial charge in [0.15, 0.2) is 11.6 Å². The molecule has 34 heavy (non-hydrogen) atoms. The Morgan fingerprint density at radius 1 is 1.03 bits per heavy atom. The van der Waals surface area contributed by atoms with Crippen LogP contribution in [0, 0.1) is 0 Å². The molecule has 172 valence electrons. The van der Waals surface area contributed by atoms with Crippen LogP contribution in [0.25, 0.3) is 22.0 Å². The molecule has 9 nitrogen and oxygen atoms in total. The number of pyridine rings is 4. The van der Waals surface area contributed by atoms with E-state index in [0.29, 0.717) is 35.2 Å². The Balaban J connectivity index is 1.37. The van der Waals surface area contributed by atoms with Crippen LogP contribution in [0.3, 0.4) is 0 Å². The van der Waals surface area contributed by atoms with Crippen LogP contribution in [0.2, 0.25) is 0 Å². The van der Waals surface area contributed by atoms with Gasteiger partial charge in [-0.2, -0.15) is 0 Å². The fourth-order valence-electron chi connectivity index (χ4n) is 4.46. The lowest BCUT2D eigenvalue weighted by atomic mass is 9.96. The van der Waals surface area contributed by atoms with Crippen molar-refractivity contribution < 1.29 is 9.47 Å². The summed E-state index contributed by atoms with van der Waals surface area (Å²) in [6.07, 6.45) is 7.16. The summed E-state index contributed by atoms with van der Waals surface area (Å²) in [7, 11) is 0. The first kappa shape index (κ1) is 20.6. The van der Waals surface area contributed by atoms with Gasteiger partial charge in [0.05, 0.1) is 29.5 Å². The summed E-state index contributed by atoms with van der Waals surface area (Å²) in [5.41, 5.74) is 3.12. The van der Waals surface area contributed by atoms with Crippen LogP contribution in [0.1, 0.15) is 24.5 Å². The average molecular weight is 457 g/mol. The SMILES string of the molecule is O=c1[nH]ccc2cc(-c3cnc4c(c3)OCCN4)nc(Nc3ccc(C4CCOCC4)nc3)c12. The third-order valence-electron chi connectivity index (χ3n) is 6.24. The Morgan fingerprint density at radius 2 is 1.94 bits per heavy atom. The number of ether oxygens (including phenoxy) is 2. The fraction of sp³-hybridized carbons (Fsp3) is 0.280. The molecule has 4 aromatic rings. The van der Waals surface area contributed by atoms with Crippen LogP contribution < -0.4 is 20.9 Å². The highest BCUT2D eigenvalue weighted by molar-refractivity contribution is 5.95. The highest BCUT2D eigenvalue weighted by Crippen LogP contribution is 2.33. The molecule has 3 N–H and O–H groups in total. The number of aromatic amines is 1. The van der Waals surface area contributed by atoms with Crippen molar-refractivity contribution in [3.05, 3.63) is 65.0 Å². The van der Waals surface area contributed by atoms with E-state index in [1.807, 2.05) is 30.3 Å². The van der Waals surface area contributed by atoms with Gasteiger partial charge in [0, 0.05) is 42.8 Å². The maximum atomic E-state index is 12.7. The normalized spacial score (nSPS) is 15.9. The highest BCUT2D eigenvalue weighted by Gasteiger charge is 2.18. The number of anilines is 3. The monoisotopic (exact) mass is 456 g/mol. The van der Waals surface area contributed by atoms with Gasteiger partial charge in [-0.3, -0.25) is 9.78 Å². The van der Waals surface area contributed by atoms with E-state index in [1.54, 1.807) is 18.6 Å². The number of hydrogen-bond acceptors (Lipinski definition) is 8. The van der Waals surface area contributed by atoms with Crippen molar-refractivity contribution in [3.63, 3.8) is 0 Å². The van der Waals surface area contributed by atoms with Crippen LogP contribution >= 0.6 is 0 Å². The number of nitrogens with one attached hydrogen (secondary N) is 3. The Labute approximate surface area is 195 Å². The van der Waals surface area contributed by atoms with Crippen LogP contribution in [0.4, 0.5) is 17.3 Å². The van der Waals surface area contributed by atoms with E-state index < -0.39 is 0 Å². The molecule has 1 saturated heterocycles. The summed E-state index contributed by atoms with van der Waals surface area (Å²) >= 11 is 0. The van der Waals surface area contributed by atoms with Gasteiger partial charge in [0.2, 0.25) is 0 Å². The minimum Gasteiger partial charge on any atom is -0.488 e. The number of aromatic nitrogens is 4. The van der Waals surface area contributed by atoms with Gasteiger partial charge in [0.25, 0.3) is 5.56 Å². The summed E-state index contributed by atoms with van der Waals surface area (Å²) in [6.45, 7) is 2.86. The molecule has 0 unspecified atom stereocenters. The predicted molar refractivity (Wildman–Crippen MR) is 130 cm³/mol. The third kappa shape index (κ3) is 3.94. The molecule has 1 fully saturated rings. The predicted octanol–water partition coefficient (Wildman–Crippen LogP) is 3.82. The number of rotatable bonds is 4. The summed E-state index contributed by atoms with van der Waals surface area (Å²) in [5.74, 6) is 2.30. The Kier molecular flexibility index (Phi) is 5.31. The van der Waals surface area contributed by atoms with Crippen molar-refractivity contribution >= 4 is 28.1 Å². The maximum Gasteiger partial charge on any atom is 0.259 e. The topological polar surface area (TPSA) is 114 Å². The average Bonchev–Trinajstić information content (AvgIpc) is 2.89. The maximum absolute atomic E-state index is 12.7. The molecule has 4 aromatic heterocycles. The quantitative estimate of drug-likeness (QED) is 0.425. The van der Waals surface area contributed by atoms with Crippen LogP contribution in [-0.4, -0.2) is 46.3 Å². The molecule has 0 aliphatic carbocycles.